The molecule has 3 rings (SSSR count). The minimum absolute atomic E-state index is 0.170. The van der Waals surface area contributed by atoms with E-state index in [9.17, 15) is 0 Å². The Morgan fingerprint density at radius 1 is 1.16 bits per heavy atom. The van der Waals surface area contributed by atoms with Gasteiger partial charge in [-0.05, 0) is 24.5 Å². The van der Waals surface area contributed by atoms with Crippen molar-refractivity contribution in [1.29, 1.82) is 0 Å². The standard InChI is InChI=1S/C16H20O3/c1-16(18-9-10-19-16)12-15-11-14(7-8-17-15)13-5-3-2-4-6-13/h2-7,15H,8-12H2,1H3. The summed E-state index contributed by atoms with van der Waals surface area (Å²) in [5, 5.41) is 0. The summed E-state index contributed by atoms with van der Waals surface area (Å²) in [5.74, 6) is -0.468. The van der Waals surface area contributed by atoms with E-state index in [0.29, 0.717) is 19.8 Å². The van der Waals surface area contributed by atoms with Gasteiger partial charge >= 0.3 is 0 Å². The van der Waals surface area contributed by atoms with E-state index in [0.717, 1.165) is 12.8 Å². The van der Waals surface area contributed by atoms with Crippen LogP contribution < -0.4 is 0 Å². The molecule has 102 valence electrons. The van der Waals surface area contributed by atoms with Gasteiger partial charge in [-0.2, -0.15) is 0 Å². The van der Waals surface area contributed by atoms with Gasteiger partial charge in [0.1, 0.15) is 0 Å². The fourth-order valence-corrected chi connectivity index (χ4v) is 2.78. The molecule has 1 saturated heterocycles. The summed E-state index contributed by atoms with van der Waals surface area (Å²) in [6.07, 6.45) is 4.05. The summed E-state index contributed by atoms with van der Waals surface area (Å²) in [7, 11) is 0. The number of hydrogen-bond acceptors (Lipinski definition) is 3. The topological polar surface area (TPSA) is 27.7 Å². The van der Waals surface area contributed by atoms with Crippen LogP contribution >= 0.6 is 0 Å². The van der Waals surface area contributed by atoms with Crippen LogP contribution in [0.4, 0.5) is 0 Å². The van der Waals surface area contributed by atoms with Crippen LogP contribution in [0.3, 0.4) is 0 Å². The number of benzene rings is 1. The predicted octanol–water partition coefficient (Wildman–Crippen LogP) is 3.01. The lowest BCUT2D eigenvalue weighted by molar-refractivity contribution is -0.167. The maximum Gasteiger partial charge on any atom is 0.168 e. The first-order valence-corrected chi connectivity index (χ1v) is 6.89. The van der Waals surface area contributed by atoms with Gasteiger partial charge in [0.15, 0.2) is 5.79 Å². The third kappa shape index (κ3) is 3.06. The van der Waals surface area contributed by atoms with Crippen molar-refractivity contribution in [1.82, 2.24) is 0 Å². The molecular formula is C16H20O3. The van der Waals surface area contributed by atoms with E-state index >= 15 is 0 Å². The SMILES string of the molecule is CC1(CC2CC(c3ccccc3)=CCO2)OCCO1. The highest BCUT2D eigenvalue weighted by Crippen LogP contribution is 2.32. The molecule has 1 unspecified atom stereocenters. The van der Waals surface area contributed by atoms with Gasteiger partial charge in [0.25, 0.3) is 0 Å². The van der Waals surface area contributed by atoms with Crippen LogP contribution in [-0.2, 0) is 14.2 Å². The van der Waals surface area contributed by atoms with Gasteiger partial charge in [-0.3, -0.25) is 0 Å². The highest BCUT2D eigenvalue weighted by atomic mass is 16.7. The normalized spacial score (nSPS) is 26.2. The number of rotatable bonds is 3. The molecule has 1 atom stereocenters. The Kier molecular flexibility index (Phi) is 3.69. The van der Waals surface area contributed by atoms with Crippen LogP contribution in [-0.4, -0.2) is 31.7 Å². The molecule has 0 spiro atoms. The molecule has 3 nitrogen and oxygen atoms in total. The maximum absolute atomic E-state index is 5.82. The monoisotopic (exact) mass is 260 g/mol. The summed E-state index contributed by atoms with van der Waals surface area (Å²) < 4.78 is 17.1. The van der Waals surface area contributed by atoms with E-state index in [1.807, 2.05) is 13.0 Å². The zero-order chi connectivity index (χ0) is 13.1. The molecule has 0 aliphatic carbocycles. The summed E-state index contributed by atoms with van der Waals surface area (Å²) >= 11 is 0. The Morgan fingerprint density at radius 3 is 2.63 bits per heavy atom. The molecule has 0 aromatic heterocycles. The third-order valence-electron chi connectivity index (χ3n) is 3.75. The number of hydrogen-bond donors (Lipinski definition) is 0. The van der Waals surface area contributed by atoms with Gasteiger partial charge in [-0.25, -0.2) is 0 Å². The average molecular weight is 260 g/mol. The van der Waals surface area contributed by atoms with Crippen molar-refractivity contribution in [2.45, 2.75) is 31.7 Å². The van der Waals surface area contributed by atoms with Crippen molar-refractivity contribution in [3.8, 4) is 0 Å². The van der Waals surface area contributed by atoms with Gasteiger partial charge in [0, 0.05) is 6.42 Å². The molecule has 19 heavy (non-hydrogen) atoms. The molecule has 1 aromatic carbocycles. The van der Waals surface area contributed by atoms with E-state index in [2.05, 4.69) is 30.3 Å². The van der Waals surface area contributed by atoms with Gasteiger partial charge < -0.3 is 14.2 Å². The minimum atomic E-state index is -0.468. The van der Waals surface area contributed by atoms with Gasteiger partial charge in [0.2, 0.25) is 0 Å². The molecule has 3 heteroatoms. The second-order valence-corrected chi connectivity index (χ2v) is 5.29. The van der Waals surface area contributed by atoms with E-state index in [4.69, 9.17) is 14.2 Å². The van der Waals surface area contributed by atoms with Crippen molar-refractivity contribution in [2.24, 2.45) is 0 Å². The van der Waals surface area contributed by atoms with E-state index < -0.39 is 5.79 Å². The van der Waals surface area contributed by atoms with E-state index in [1.165, 1.54) is 11.1 Å². The highest BCUT2D eigenvalue weighted by molar-refractivity contribution is 5.66. The molecule has 2 aliphatic heterocycles. The Balaban J connectivity index is 1.66. The molecule has 1 aromatic rings. The van der Waals surface area contributed by atoms with Gasteiger partial charge in [-0.1, -0.05) is 36.4 Å². The first-order chi connectivity index (χ1) is 9.25. The lowest BCUT2D eigenvalue weighted by Gasteiger charge is -2.30. The highest BCUT2D eigenvalue weighted by Gasteiger charge is 2.35. The van der Waals surface area contributed by atoms with Gasteiger partial charge in [-0.15, -0.1) is 0 Å². The predicted molar refractivity (Wildman–Crippen MR) is 73.7 cm³/mol. The molecule has 2 heterocycles. The van der Waals surface area contributed by atoms with Crippen LogP contribution in [0.5, 0.6) is 0 Å². The smallest absolute Gasteiger partial charge is 0.168 e. The fourth-order valence-electron chi connectivity index (χ4n) is 2.78. The minimum Gasteiger partial charge on any atom is -0.374 e. The second-order valence-electron chi connectivity index (χ2n) is 5.29. The summed E-state index contributed by atoms with van der Waals surface area (Å²) in [6, 6.07) is 10.5. The molecule has 1 fully saturated rings. The Morgan fingerprint density at radius 2 is 1.89 bits per heavy atom. The fraction of sp³-hybridized carbons (Fsp3) is 0.500. The molecule has 0 saturated carbocycles. The number of ether oxygens (including phenoxy) is 3. The van der Waals surface area contributed by atoms with Crippen molar-refractivity contribution in [2.75, 3.05) is 19.8 Å². The second kappa shape index (κ2) is 5.45. The van der Waals surface area contributed by atoms with Crippen LogP contribution in [0.25, 0.3) is 5.57 Å². The summed E-state index contributed by atoms with van der Waals surface area (Å²) in [5.41, 5.74) is 2.65. The Hall–Kier alpha value is -1.16. The van der Waals surface area contributed by atoms with Crippen molar-refractivity contribution >= 4 is 5.57 Å². The molecule has 0 bridgehead atoms. The summed E-state index contributed by atoms with van der Waals surface area (Å²) in [6.45, 7) is 4.05. The molecular weight excluding hydrogens is 240 g/mol. The first kappa shape index (κ1) is 12.9. The molecule has 0 radical (unpaired) electrons. The van der Waals surface area contributed by atoms with Crippen molar-refractivity contribution in [3.05, 3.63) is 42.0 Å². The largest absolute Gasteiger partial charge is 0.374 e. The van der Waals surface area contributed by atoms with Crippen LogP contribution in [0, 0.1) is 0 Å². The van der Waals surface area contributed by atoms with E-state index in [-0.39, 0.29) is 6.10 Å². The summed E-state index contributed by atoms with van der Waals surface area (Å²) in [4.78, 5) is 0. The van der Waals surface area contributed by atoms with Crippen LogP contribution in [0.15, 0.2) is 36.4 Å². The van der Waals surface area contributed by atoms with Crippen molar-refractivity contribution < 1.29 is 14.2 Å². The first-order valence-electron chi connectivity index (χ1n) is 6.89. The third-order valence-corrected chi connectivity index (χ3v) is 3.75. The Labute approximate surface area is 114 Å². The zero-order valence-electron chi connectivity index (χ0n) is 11.3. The van der Waals surface area contributed by atoms with Crippen molar-refractivity contribution in [3.63, 3.8) is 0 Å². The van der Waals surface area contributed by atoms with Gasteiger partial charge in [0.05, 0.1) is 25.9 Å². The molecule has 0 amide bonds. The van der Waals surface area contributed by atoms with E-state index in [1.54, 1.807) is 0 Å². The van der Waals surface area contributed by atoms with Crippen LogP contribution in [0.2, 0.25) is 0 Å². The molecule has 0 N–H and O–H groups in total. The quantitative estimate of drug-likeness (QED) is 0.836. The average Bonchev–Trinajstić information content (AvgIpc) is 2.86. The lowest BCUT2D eigenvalue weighted by atomic mass is 9.94. The lowest BCUT2D eigenvalue weighted by Crippen LogP contribution is -2.33. The maximum atomic E-state index is 5.82. The van der Waals surface area contributed by atoms with Crippen LogP contribution in [0.1, 0.15) is 25.3 Å². The Bertz CT molecular complexity index is 446. The zero-order valence-corrected chi connectivity index (χ0v) is 11.3. The molecule has 2 aliphatic rings.